The molecule has 2 heterocycles. The van der Waals surface area contributed by atoms with E-state index >= 15 is 0 Å². The molecule has 23 heavy (non-hydrogen) atoms. The van der Waals surface area contributed by atoms with E-state index in [-0.39, 0.29) is 11.6 Å². The number of aromatic nitrogens is 1. The number of nitrogens with zero attached hydrogens (tertiary/aromatic N) is 2. The second-order valence-electron chi connectivity index (χ2n) is 5.26. The Labute approximate surface area is 134 Å². The summed E-state index contributed by atoms with van der Waals surface area (Å²) >= 11 is 1.35. The zero-order valence-corrected chi connectivity index (χ0v) is 12.9. The maximum atomic E-state index is 13.7. The van der Waals surface area contributed by atoms with Crippen LogP contribution in [0, 0.1) is 17.6 Å². The summed E-state index contributed by atoms with van der Waals surface area (Å²) in [6, 6.07) is 3.49. The summed E-state index contributed by atoms with van der Waals surface area (Å²) in [4.78, 5) is 30.3. The quantitative estimate of drug-likeness (QED) is 0.874. The van der Waals surface area contributed by atoms with Gasteiger partial charge in [-0.05, 0) is 12.1 Å². The monoisotopic (exact) mass is 337 g/mol. The number of benzene rings is 1. The van der Waals surface area contributed by atoms with Crippen LogP contribution in [-0.4, -0.2) is 35.3 Å². The molecular weight excluding hydrogens is 324 g/mol. The molecule has 1 N–H and O–H groups in total. The molecule has 1 fully saturated rings. The summed E-state index contributed by atoms with van der Waals surface area (Å²) in [6.45, 7) is 0.357. The predicted molar refractivity (Wildman–Crippen MR) is 81.0 cm³/mol. The number of halogens is 2. The molecule has 1 aromatic carbocycles. The van der Waals surface area contributed by atoms with Crippen LogP contribution in [0.1, 0.15) is 10.9 Å². The summed E-state index contributed by atoms with van der Waals surface area (Å²) < 4.78 is 26.9. The number of nitrogens with one attached hydrogen (secondary N) is 1. The lowest BCUT2D eigenvalue weighted by molar-refractivity contribution is -0.135. The average Bonchev–Trinajstić information content (AvgIpc) is 3.13. The lowest BCUT2D eigenvalue weighted by Gasteiger charge is -2.15. The van der Waals surface area contributed by atoms with E-state index in [0.29, 0.717) is 11.6 Å². The second kappa shape index (κ2) is 6.04. The third-order valence-electron chi connectivity index (χ3n) is 3.78. The summed E-state index contributed by atoms with van der Waals surface area (Å²) in [5, 5.41) is 4.74. The van der Waals surface area contributed by atoms with Crippen molar-refractivity contribution in [3.8, 4) is 0 Å². The van der Waals surface area contributed by atoms with Gasteiger partial charge in [0.05, 0.1) is 10.7 Å². The number of rotatable bonds is 3. The lowest BCUT2D eigenvalue weighted by atomic mass is 9.95. The van der Waals surface area contributed by atoms with Crippen molar-refractivity contribution in [3.63, 3.8) is 0 Å². The minimum Gasteiger partial charge on any atom is -0.344 e. The van der Waals surface area contributed by atoms with Crippen molar-refractivity contribution in [2.45, 2.75) is 5.92 Å². The molecule has 2 aromatic rings. The molecule has 0 spiro atoms. The molecule has 0 bridgehead atoms. The van der Waals surface area contributed by atoms with Gasteiger partial charge in [-0.2, -0.15) is 0 Å². The van der Waals surface area contributed by atoms with E-state index in [0.717, 1.165) is 6.07 Å². The van der Waals surface area contributed by atoms with Crippen molar-refractivity contribution in [3.05, 3.63) is 46.4 Å². The number of carbonyl (C=O) groups is 2. The third-order valence-corrected chi connectivity index (χ3v) is 4.68. The highest BCUT2D eigenvalue weighted by atomic mass is 32.1. The van der Waals surface area contributed by atoms with Gasteiger partial charge >= 0.3 is 0 Å². The van der Waals surface area contributed by atoms with Gasteiger partial charge in [0.15, 0.2) is 11.6 Å². The highest BCUT2D eigenvalue weighted by molar-refractivity contribution is 7.09. The Kier molecular flexibility index (Phi) is 4.08. The maximum Gasteiger partial charge on any atom is 0.237 e. The molecule has 5 nitrogen and oxygen atoms in total. The van der Waals surface area contributed by atoms with Gasteiger partial charge in [-0.25, -0.2) is 13.8 Å². The van der Waals surface area contributed by atoms with Crippen LogP contribution in [0.2, 0.25) is 0 Å². The Hall–Kier alpha value is -2.35. The Morgan fingerprint density at radius 3 is 2.91 bits per heavy atom. The van der Waals surface area contributed by atoms with Crippen LogP contribution in [0.15, 0.2) is 29.8 Å². The van der Waals surface area contributed by atoms with E-state index < -0.39 is 29.4 Å². The van der Waals surface area contributed by atoms with Gasteiger partial charge in [0.1, 0.15) is 5.92 Å². The number of amides is 2. The summed E-state index contributed by atoms with van der Waals surface area (Å²) in [7, 11) is 1.60. The van der Waals surface area contributed by atoms with Crippen molar-refractivity contribution >= 4 is 28.8 Å². The smallest absolute Gasteiger partial charge is 0.237 e. The number of hydrogen-bond donors (Lipinski definition) is 1. The number of hydrogen-bond acceptors (Lipinski definition) is 4. The van der Waals surface area contributed by atoms with Crippen LogP contribution in [-0.2, 0) is 9.59 Å². The van der Waals surface area contributed by atoms with Gasteiger partial charge in [0.2, 0.25) is 11.8 Å². The zero-order chi connectivity index (χ0) is 16.6. The van der Waals surface area contributed by atoms with Crippen molar-refractivity contribution in [1.82, 2.24) is 9.88 Å². The van der Waals surface area contributed by atoms with Gasteiger partial charge in [-0.1, -0.05) is 6.07 Å². The number of anilines is 1. The Balaban J connectivity index is 1.87. The molecule has 120 valence electrons. The van der Waals surface area contributed by atoms with Crippen LogP contribution in [0.4, 0.5) is 14.5 Å². The zero-order valence-electron chi connectivity index (χ0n) is 12.1. The van der Waals surface area contributed by atoms with Crippen LogP contribution in [0.25, 0.3) is 0 Å². The first-order valence-corrected chi connectivity index (χ1v) is 7.76. The molecular formula is C15H13F2N3O2S. The topological polar surface area (TPSA) is 62.3 Å². The van der Waals surface area contributed by atoms with E-state index in [1.54, 1.807) is 18.6 Å². The first-order valence-electron chi connectivity index (χ1n) is 6.88. The SMILES string of the molecule is CN1C[C@H](c2nccs2)[C@@H](C(=O)Nc2cccc(F)c2F)C1=O. The van der Waals surface area contributed by atoms with Gasteiger partial charge < -0.3 is 10.2 Å². The van der Waals surface area contributed by atoms with Crippen LogP contribution in [0.5, 0.6) is 0 Å². The molecule has 0 saturated carbocycles. The van der Waals surface area contributed by atoms with E-state index in [9.17, 15) is 18.4 Å². The van der Waals surface area contributed by atoms with Gasteiger partial charge in [-0.15, -0.1) is 11.3 Å². The second-order valence-corrected chi connectivity index (χ2v) is 6.19. The molecule has 2 amide bonds. The molecule has 1 saturated heterocycles. The average molecular weight is 337 g/mol. The lowest BCUT2D eigenvalue weighted by Crippen LogP contribution is -2.33. The third kappa shape index (κ3) is 2.81. The molecule has 0 radical (unpaired) electrons. The number of carbonyl (C=O) groups excluding carboxylic acids is 2. The number of likely N-dealkylation sites (tertiary alicyclic amines) is 1. The van der Waals surface area contributed by atoms with Crippen molar-refractivity contribution in [1.29, 1.82) is 0 Å². The molecule has 2 atom stereocenters. The number of likely N-dealkylation sites (N-methyl/N-ethyl adjacent to an activating group) is 1. The Morgan fingerprint density at radius 1 is 1.43 bits per heavy atom. The summed E-state index contributed by atoms with van der Waals surface area (Å²) in [5.74, 6) is -4.64. The van der Waals surface area contributed by atoms with Crippen LogP contribution >= 0.6 is 11.3 Å². The fraction of sp³-hybridized carbons (Fsp3) is 0.267. The molecule has 3 rings (SSSR count). The Morgan fingerprint density at radius 2 is 2.22 bits per heavy atom. The predicted octanol–water partition coefficient (Wildman–Crippen LogP) is 2.23. The van der Waals surface area contributed by atoms with Crippen molar-refractivity contribution in [2.24, 2.45) is 5.92 Å². The van der Waals surface area contributed by atoms with E-state index in [4.69, 9.17) is 0 Å². The molecule has 0 aliphatic carbocycles. The molecule has 1 aliphatic heterocycles. The normalized spacial score (nSPS) is 20.8. The minimum absolute atomic E-state index is 0.282. The first kappa shape index (κ1) is 15.5. The highest BCUT2D eigenvalue weighted by Gasteiger charge is 2.45. The number of thiazole rings is 1. The fourth-order valence-corrected chi connectivity index (χ4v) is 3.41. The van der Waals surface area contributed by atoms with Gasteiger partial charge in [-0.3, -0.25) is 9.59 Å². The standard InChI is InChI=1S/C15H13F2N3O2S/c1-20-7-8(14-18-5-6-23-14)11(15(20)22)13(21)19-10-4-2-3-9(16)12(10)17/h2-6,8,11H,7H2,1H3,(H,19,21)/t8-,11-/m0/s1. The van der Waals surface area contributed by atoms with Crippen molar-refractivity contribution < 1.29 is 18.4 Å². The maximum absolute atomic E-state index is 13.7. The first-order chi connectivity index (χ1) is 11.0. The van der Waals surface area contributed by atoms with Gasteiger partial charge in [0, 0.05) is 31.1 Å². The largest absolute Gasteiger partial charge is 0.344 e. The summed E-state index contributed by atoms with van der Waals surface area (Å²) in [5.41, 5.74) is -0.282. The molecule has 8 heteroatoms. The molecule has 0 unspecified atom stereocenters. The van der Waals surface area contributed by atoms with E-state index in [2.05, 4.69) is 10.3 Å². The van der Waals surface area contributed by atoms with Crippen LogP contribution < -0.4 is 5.32 Å². The van der Waals surface area contributed by atoms with E-state index in [1.165, 1.54) is 28.4 Å². The molecule has 1 aromatic heterocycles. The van der Waals surface area contributed by atoms with Gasteiger partial charge in [0.25, 0.3) is 0 Å². The molecule has 1 aliphatic rings. The highest BCUT2D eigenvalue weighted by Crippen LogP contribution is 2.35. The fourth-order valence-electron chi connectivity index (χ4n) is 2.64. The van der Waals surface area contributed by atoms with E-state index in [1.807, 2.05) is 0 Å². The minimum atomic E-state index is -1.15. The van der Waals surface area contributed by atoms with Crippen molar-refractivity contribution in [2.75, 3.05) is 18.9 Å². The summed E-state index contributed by atoms with van der Waals surface area (Å²) in [6.07, 6.45) is 1.60. The van der Waals surface area contributed by atoms with Crippen LogP contribution in [0.3, 0.4) is 0 Å². The Bertz CT molecular complexity index is 751.